The molecule has 1 aromatic carbocycles. The van der Waals surface area contributed by atoms with E-state index in [2.05, 4.69) is 32.3 Å². The normalized spacial score (nSPS) is 19.3. The molecule has 0 aliphatic carbocycles. The van der Waals surface area contributed by atoms with Gasteiger partial charge in [0, 0.05) is 36.0 Å². The van der Waals surface area contributed by atoms with Gasteiger partial charge in [-0.2, -0.15) is 5.10 Å². The number of nitrogens with zero attached hydrogens (tertiary/aromatic N) is 3. The molecule has 1 aliphatic rings. The molecular formula is C23H25ClF3N5. The van der Waals surface area contributed by atoms with Gasteiger partial charge in [-0.15, -0.1) is 0 Å². The first-order valence-corrected chi connectivity index (χ1v) is 11.0. The second-order valence-corrected chi connectivity index (χ2v) is 8.84. The number of aromatic amines is 1. The predicted octanol–water partition coefficient (Wildman–Crippen LogP) is 5.77. The summed E-state index contributed by atoms with van der Waals surface area (Å²) in [5.74, 6) is -1.23. The molecule has 4 rings (SSSR count). The molecule has 1 aliphatic heterocycles. The van der Waals surface area contributed by atoms with Crippen LogP contribution in [0.4, 0.5) is 24.8 Å². The molecule has 1 saturated heterocycles. The fraction of sp³-hybridized carbons (Fsp3) is 0.391. The van der Waals surface area contributed by atoms with Crippen LogP contribution in [-0.2, 0) is 13.0 Å². The first-order chi connectivity index (χ1) is 15.3. The van der Waals surface area contributed by atoms with Gasteiger partial charge in [-0.1, -0.05) is 23.7 Å². The molecule has 0 radical (unpaired) electrons. The molecule has 1 unspecified atom stereocenters. The molecule has 1 fully saturated rings. The van der Waals surface area contributed by atoms with Crippen LogP contribution in [0.1, 0.15) is 36.7 Å². The molecule has 3 heterocycles. The third-order valence-electron chi connectivity index (χ3n) is 5.96. The summed E-state index contributed by atoms with van der Waals surface area (Å²) in [5, 5.41) is 9.69. The van der Waals surface area contributed by atoms with Gasteiger partial charge in [0.1, 0.15) is 11.6 Å². The second kappa shape index (κ2) is 9.50. The zero-order chi connectivity index (χ0) is 22.8. The lowest BCUT2D eigenvalue weighted by atomic mass is 9.87. The minimum Gasteiger partial charge on any atom is -0.321 e. The lowest BCUT2D eigenvalue weighted by molar-refractivity contribution is 0.113. The Labute approximate surface area is 190 Å². The summed E-state index contributed by atoms with van der Waals surface area (Å²) in [6.07, 6.45) is 2.03. The SMILES string of the molecule is Cc1cc(Nc2nc(CC3CCN(Cc4cccc(Cl)c4F)[C@H](C)C3)c(F)cc2F)n[nH]1. The number of hydrogen-bond acceptors (Lipinski definition) is 4. The van der Waals surface area contributed by atoms with E-state index in [9.17, 15) is 13.2 Å². The first-order valence-electron chi connectivity index (χ1n) is 10.6. The third kappa shape index (κ3) is 5.07. The van der Waals surface area contributed by atoms with Gasteiger partial charge in [-0.05, 0) is 51.6 Å². The molecule has 32 heavy (non-hydrogen) atoms. The van der Waals surface area contributed by atoms with Crippen LogP contribution in [0.2, 0.25) is 5.02 Å². The lowest BCUT2D eigenvalue weighted by Crippen LogP contribution is -2.41. The smallest absolute Gasteiger partial charge is 0.168 e. The highest BCUT2D eigenvalue weighted by Gasteiger charge is 2.28. The molecular weight excluding hydrogens is 439 g/mol. The molecule has 0 amide bonds. The van der Waals surface area contributed by atoms with Gasteiger partial charge >= 0.3 is 0 Å². The van der Waals surface area contributed by atoms with E-state index >= 15 is 0 Å². The Kier molecular flexibility index (Phi) is 6.71. The Balaban J connectivity index is 1.41. The average molecular weight is 464 g/mol. The number of hydrogen-bond donors (Lipinski definition) is 2. The molecule has 2 N–H and O–H groups in total. The number of aryl methyl sites for hydroxylation is 1. The van der Waals surface area contributed by atoms with Crippen molar-refractivity contribution in [1.29, 1.82) is 0 Å². The molecule has 5 nitrogen and oxygen atoms in total. The Hall–Kier alpha value is -2.58. The summed E-state index contributed by atoms with van der Waals surface area (Å²) in [6, 6.07) is 7.79. The van der Waals surface area contributed by atoms with E-state index in [1.54, 1.807) is 18.2 Å². The summed E-state index contributed by atoms with van der Waals surface area (Å²) in [5.41, 5.74) is 1.61. The van der Waals surface area contributed by atoms with E-state index < -0.39 is 11.6 Å². The van der Waals surface area contributed by atoms with Crippen LogP contribution >= 0.6 is 11.6 Å². The third-order valence-corrected chi connectivity index (χ3v) is 6.26. The van der Waals surface area contributed by atoms with E-state index in [-0.39, 0.29) is 34.3 Å². The maximum atomic E-state index is 14.5. The molecule has 2 atom stereocenters. The van der Waals surface area contributed by atoms with Gasteiger partial charge in [-0.25, -0.2) is 18.2 Å². The predicted molar refractivity (Wildman–Crippen MR) is 118 cm³/mol. The van der Waals surface area contributed by atoms with Crippen molar-refractivity contribution in [3.63, 3.8) is 0 Å². The number of rotatable bonds is 6. The minimum absolute atomic E-state index is 0.0465. The number of likely N-dealkylation sites (tertiary alicyclic amines) is 1. The van der Waals surface area contributed by atoms with Crippen molar-refractivity contribution in [2.75, 3.05) is 11.9 Å². The Morgan fingerprint density at radius 2 is 2.03 bits per heavy atom. The highest BCUT2D eigenvalue weighted by atomic mass is 35.5. The van der Waals surface area contributed by atoms with Gasteiger partial charge in [0.2, 0.25) is 0 Å². The Bertz CT molecular complexity index is 1100. The maximum absolute atomic E-state index is 14.5. The summed E-state index contributed by atoms with van der Waals surface area (Å²) in [7, 11) is 0. The summed E-state index contributed by atoms with van der Waals surface area (Å²) >= 11 is 5.90. The van der Waals surface area contributed by atoms with Gasteiger partial charge in [-0.3, -0.25) is 10.00 Å². The minimum atomic E-state index is -0.765. The largest absolute Gasteiger partial charge is 0.321 e. The molecule has 3 aromatic rings. The number of benzene rings is 1. The molecule has 0 spiro atoms. The standard InChI is InChI=1S/C23H25ClF3N5/c1-13-8-21(31-30-13)29-23-19(26)11-18(25)20(28-23)10-15-6-7-32(14(2)9-15)12-16-4-3-5-17(24)22(16)27/h3-5,8,11,14-15H,6-7,9-10,12H2,1-2H3,(H2,28,29,30,31)/t14-,15?/m1/s1. The van der Waals surface area contributed by atoms with E-state index in [1.165, 1.54) is 6.07 Å². The van der Waals surface area contributed by atoms with Crippen LogP contribution in [0, 0.1) is 30.3 Å². The second-order valence-electron chi connectivity index (χ2n) is 8.44. The van der Waals surface area contributed by atoms with Crippen molar-refractivity contribution < 1.29 is 13.2 Å². The van der Waals surface area contributed by atoms with Crippen LogP contribution in [0.3, 0.4) is 0 Å². The molecule has 0 saturated carbocycles. The van der Waals surface area contributed by atoms with Gasteiger partial charge < -0.3 is 5.32 Å². The average Bonchev–Trinajstić information content (AvgIpc) is 3.15. The number of H-pyrrole nitrogens is 1. The zero-order valence-electron chi connectivity index (χ0n) is 17.9. The number of aromatic nitrogens is 3. The Morgan fingerprint density at radius 3 is 2.75 bits per heavy atom. The van der Waals surface area contributed by atoms with E-state index in [0.29, 0.717) is 24.3 Å². The van der Waals surface area contributed by atoms with Crippen molar-refractivity contribution in [3.8, 4) is 0 Å². The summed E-state index contributed by atoms with van der Waals surface area (Å²) in [6.45, 7) is 5.13. The number of halogens is 4. The van der Waals surface area contributed by atoms with Crippen molar-refractivity contribution in [1.82, 2.24) is 20.1 Å². The Morgan fingerprint density at radius 1 is 1.22 bits per heavy atom. The van der Waals surface area contributed by atoms with E-state index in [1.807, 2.05) is 6.92 Å². The highest BCUT2D eigenvalue weighted by Crippen LogP contribution is 2.30. The number of piperidine rings is 1. The van der Waals surface area contributed by atoms with Crippen LogP contribution in [0.25, 0.3) is 0 Å². The van der Waals surface area contributed by atoms with Crippen LogP contribution in [0.5, 0.6) is 0 Å². The molecule has 2 aromatic heterocycles. The van der Waals surface area contributed by atoms with Crippen molar-refractivity contribution in [2.45, 2.75) is 45.7 Å². The lowest BCUT2D eigenvalue weighted by Gasteiger charge is -2.37. The van der Waals surface area contributed by atoms with Crippen molar-refractivity contribution >= 4 is 23.2 Å². The van der Waals surface area contributed by atoms with Gasteiger partial charge in [0.25, 0.3) is 0 Å². The van der Waals surface area contributed by atoms with Crippen LogP contribution in [0.15, 0.2) is 30.3 Å². The highest BCUT2D eigenvalue weighted by molar-refractivity contribution is 6.30. The van der Waals surface area contributed by atoms with Crippen LogP contribution < -0.4 is 5.32 Å². The molecule has 9 heteroatoms. The summed E-state index contributed by atoms with van der Waals surface area (Å²) < 4.78 is 43.0. The first kappa shape index (κ1) is 22.6. The maximum Gasteiger partial charge on any atom is 0.168 e. The monoisotopic (exact) mass is 463 g/mol. The number of pyridine rings is 1. The molecule has 170 valence electrons. The number of nitrogens with one attached hydrogen (secondary N) is 2. The van der Waals surface area contributed by atoms with Gasteiger partial charge in [0.05, 0.1) is 10.7 Å². The van der Waals surface area contributed by atoms with Gasteiger partial charge in [0.15, 0.2) is 17.5 Å². The van der Waals surface area contributed by atoms with Crippen molar-refractivity contribution in [3.05, 3.63) is 69.8 Å². The topological polar surface area (TPSA) is 56.8 Å². The molecule has 0 bridgehead atoms. The summed E-state index contributed by atoms with van der Waals surface area (Å²) in [4.78, 5) is 6.41. The van der Waals surface area contributed by atoms with Crippen LogP contribution in [-0.4, -0.2) is 32.7 Å². The fourth-order valence-electron chi connectivity index (χ4n) is 4.24. The zero-order valence-corrected chi connectivity index (χ0v) is 18.7. The van der Waals surface area contributed by atoms with Crippen molar-refractivity contribution in [2.24, 2.45) is 5.92 Å². The fourth-order valence-corrected chi connectivity index (χ4v) is 4.43. The number of anilines is 2. The van der Waals surface area contributed by atoms with E-state index in [0.717, 1.165) is 31.1 Å². The van der Waals surface area contributed by atoms with E-state index in [4.69, 9.17) is 11.6 Å². The quantitative estimate of drug-likeness (QED) is 0.487.